The SMILES string of the molecule is CC1(C)C[C@H](CN2CCC(CCC(=O)Nc3ccc4c(c3)OCCO4)CC2)CCO1. The number of anilines is 1. The largest absolute Gasteiger partial charge is 0.486 e. The number of nitrogens with zero attached hydrogens (tertiary/aromatic N) is 1. The van der Waals surface area contributed by atoms with E-state index in [1.165, 1.54) is 25.8 Å². The Hall–Kier alpha value is -1.79. The van der Waals surface area contributed by atoms with Crippen LogP contribution in [-0.4, -0.2) is 55.9 Å². The molecule has 166 valence electrons. The van der Waals surface area contributed by atoms with E-state index in [4.69, 9.17) is 14.2 Å². The van der Waals surface area contributed by atoms with E-state index < -0.39 is 0 Å². The van der Waals surface area contributed by atoms with Gasteiger partial charge in [0.25, 0.3) is 0 Å². The average molecular weight is 417 g/mol. The van der Waals surface area contributed by atoms with E-state index in [1.54, 1.807) is 0 Å². The van der Waals surface area contributed by atoms with Crippen molar-refractivity contribution in [1.29, 1.82) is 0 Å². The first kappa shape index (κ1) is 21.4. The molecule has 30 heavy (non-hydrogen) atoms. The molecule has 0 saturated carbocycles. The number of nitrogens with one attached hydrogen (secondary N) is 1. The number of hydrogen-bond acceptors (Lipinski definition) is 5. The zero-order chi connectivity index (χ0) is 21.0. The Labute approximate surface area is 180 Å². The van der Waals surface area contributed by atoms with Crippen molar-refractivity contribution in [2.45, 2.75) is 58.0 Å². The van der Waals surface area contributed by atoms with E-state index in [-0.39, 0.29) is 11.5 Å². The minimum absolute atomic E-state index is 0.0335. The van der Waals surface area contributed by atoms with Crippen LogP contribution in [0.3, 0.4) is 0 Å². The Balaban J connectivity index is 1.15. The molecule has 6 heteroatoms. The van der Waals surface area contributed by atoms with Crippen molar-refractivity contribution in [3.05, 3.63) is 18.2 Å². The van der Waals surface area contributed by atoms with E-state index >= 15 is 0 Å². The number of likely N-dealkylation sites (tertiary alicyclic amines) is 1. The summed E-state index contributed by atoms with van der Waals surface area (Å²) in [7, 11) is 0. The maximum absolute atomic E-state index is 12.4. The lowest BCUT2D eigenvalue weighted by Crippen LogP contribution is -2.42. The molecule has 3 heterocycles. The van der Waals surface area contributed by atoms with Crippen LogP contribution in [0.4, 0.5) is 5.69 Å². The second kappa shape index (κ2) is 9.56. The van der Waals surface area contributed by atoms with E-state index in [0.29, 0.717) is 31.3 Å². The number of benzene rings is 1. The molecule has 6 nitrogen and oxygen atoms in total. The molecular weight excluding hydrogens is 380 g/mol. The van der Waals surface area contributed by atoms with Crippen LogP contribution in [0.1, 0.15) is 52.4 Å². The van der Waals surface area contributed by atoms with Gasteiger partial charge < -0.3 is 24.4 Å². The first-order valence-corrected chi connectivity index (χ1v) is 11.5. The highest BCUT2D eigenvalue weighted by Crippen LogP contribution is 2.33. The van der Waals surface area contributed by atoms with Crippen LogP contribution < -0.4 is 14.8 Å². The minimum atomic E-state index is 0.0335. The summed E-state index contributed by atoms with van der Waals surface area (Å²) in [6.07, 6.45) is 6.28. The van der Waals surface area contributed by atoms with Crippen LogP contribution in [0.5, 0.6) is 11.5 Å². The molecule has 3 aliphatic heterocycles. The van der Waals surface area contributed by atoms with Crippen LogP contribution in [0.15, 0.2) is 18.2 Å². The van der Waals surface area contributed by atoms with Crippen LogP contribution >= 0.6 is 0 Å². The predicted molar refractivity (Wildman–Crippen MR) is 117 cm³/mol. The summed E-state index contributed by atoms with van der Waals surface area (Å²) in [4.78, 5) is 15.0. The van der Waals surface area contributed by atoms with Crippen LogP contribution in [0.25, 0.3) is 0 Å². The van der Waals surface area contributed by atoms with Crippen LogP contribution in [0, 0.1) is 11.8 Å². The molecule has 2 saturated heterocycles. The van der Waals surface area contributed by atoms with E-state index in [2.05, 4.69) is 24.1 Å². The molecule has 0 radical (unpaired) electrons. The van der Waals surface area contributed by atoms with Gasteiger partial charge in [0.2, 0.25) is 5.91 Å². The molecule has 4 rings (SSSR count). The molecule has 0 unspecified atom stereocenters. The summed E-state index contributed by atoms with van der Waals surface area (Å²) in [6, 6.07) is 5.59. The van der Waals surface area contributed by atoms with Crippen molar-refractivity contribution in [3.63, 3.8) is 0 Å². The summed E-state index contributed by atoms with van der Waals surface area (Å²) in [5.74, 6) is 2.94. The highest BCUT2D eigenvalue weighted by molar-refractivity contribution is 5.91. The summed E-state index contributed by atoms with van der Waals surface area (Å²) >= 11 is 0. The van der Waals surface area contributed by atoms with Crippen LogP contribution in [0.2, 0.25) is 0 Å². The van der Waals surface area contributed by atoms with Gasteiger partial charge in [-0.1, -0.05) is 0 Å². The fourth-order valence-corrected chi connectivity index (χ4v) is 5.02. The average Bonchev–Trinajstić information content (AvgIpc) is 2.72. The lowest BCUT2D eigenvalue weighted by Gasteiger charge is -2.39. The molecule has 2 fully saturated rings. The second-order valence-corrected chi connectivity index (χ2v) is 9.66. The van der Waals surface area contributed by atoms with Crippen molar-refractivity contribution in [2.24, 2.45) is 11.8 Å². The zero-order valence-corrected chi connectivity index (χ0v) is 18.5. The predicted octanol–water partition coefficient (Wildman–Crippen LogP) is 4.09. The van der Waals surface area contributed by atoms with Crippen molar-refractivity contribution < 1.29 is 19.0 Å². The van der Waals surface area contributed by atoms with Gasteiger partial charge in [-0.05, 0) is 83.0 Å². The molecule has 0 aliphatic carbocycles. The quantitative estimate of drug-likeness (QED) is 0.757. The molecule has 1 N–H and O–H groups in total. The summed E-state index contributed by atoms with van der Waals surface area (Å²) < 4.78 is 17.0. The maximum Gasteiger partial charge on any atom is 0.224 e. The van der Waals surface area contributed by atoms with E-state index in [1.807, 2.05) is 18.2 Å². The van der Waals surface area contributed by atoms with Crippen LogP contribution in [-0.2, 0) is 9.53 Å². The smallest absolute Gasteiger partial charge is 0.224 e. The number of carbonyl (C=O) groups excluding carboxylic acids is 1. The maximum atomic E-state index is 12.4. The highest BCUT2D eigenvalue weighted by atomic mass is 16.6. The molecule has 1 aromatic rings. The third-order valence-corrected chi connectivity index (χ3v) is 6.63. The van der Waals surface area contributed by atoms with Gasteiger partial charge >= 0.3 is 0 Å². The lowest BCUT2D eigenvalue weighted by atomic mass is 9.86. The molecule has 0 bridgehead atoms. The molecular formula is C24H36N2O4. The van der Waals surface area contributed by atoms with Gasteiger partial charge in [0.1, 0.15) is 13.2 Å². The number of piperidine rings is 1. The van der Waals surface area contributed by atoms with Gasteiger partial charge in [-0.15, -0.1) is 0 Å². The van der Waals surface area contributed by atoms with Gasteiger partial charge in [0.05, 0.1) is 5.60 Å². The normalized spacial score (nSPS) is 24.4. The van der Waals surface area contributed by atoms with Gasteiger partial charge in [0.15, 0.2) is 11.5 Å². The Bertz CT molecular complexity index is 728. The summed E-state index contributed by atoms with van der Waals surface area (Å²) in [5.41, 5.74) is 0.810. The Kier molecular flexibility index (Phi) is 6.84. The lowest BCUT2D eigenvalue weighted by molar-refractivity contribution is -0.116. The van der Waals surface area contributed by atoms with Crippen molar-refractivity contribution in [1.82, 2.24) is 4.90 Å². The fraction of sp³-hybridized carbons (Fsp3) is 0.708. The van der Waals surface area contributed by atoms with Crippen molar-refractivity contribution in [2.75, 3.05) is 44.8 Å². The molecule has 1 aromatic carbocycles. The number of rotatable bonds is 6. The second-order valence-electron chi connectivity index (χ2n) is 9.66. The van der Waals surface area contributed by atoms with Gasteiger partial charge in [-0.2, -0.15) is 0 Å². The topological polar surface area (TPSA) is 60.0 Å². The van der Waals surface area contributed by atoms with E-state index in [0.717, 1.165) is 49.9 Å². The molecule has 3 aliphatic rings. The summed E-state index contributed by atoms with van der Waals surface area (Å²) in [5, 5.41) is 3.01. The number of fused-ring (bicyclic) bond motifs is 1. The third-order valence-electron chi connectivity index (χ3n) is 6.63. The fourth-order valence-electron chi connectivity index (χ4n) is 5.02. The van der Waals surface area contributed by atoms with Gasteiger partial charge in [0, 0.05) is 31.3 Å². The minimum Gasteiger partial charge on any atom is -0.486 e. The first-order chi connectivity index (χ1) is 14.5. The van der Waals surface area contributed by atoms with Gasteiger partial charge in [-0.3, -0.25) is 4.79 Å². The Morgan fingerprint density at radius 2 is 1.83 bits per heavy atom. The third kappa shape index (κ3) is 5.88. The highest BCUT2D eigenvalue weighted by Gasteiger charge is 2.30. The standard InChI is InChI=1S/C24H36N2O4/c1-24(2)16-19(9-12-30-24)17-26-10-7-18(8-11-26)3-6-23(27)25-20-4-5-21-22(15-20)29-14-13-28-21/h4-5,15,18-19H,3,6-14,16-17H2,1-2H3,(H,25,27)/t19-/m1/s1. The number of hydrogen-bond donors (Lipinski definition) is 1. The zero-order valence-electron chi connectivity index (χ0n) is 18.5. The molecule has 0 aromatic heterocycles. The Morgan fingerprint density at radius 3 is 2.60 bits per heavy atom. The summed E-state index contributed by atoms with van der Waals surface area (Å²) in [6.45, 7) is 9.96. The molecule has 1 amide bonds. The van der Waals surface area contributed by atoms with Gasteiger partial charge in [-0.25, -0.2) is 0 Å². The number of amides is 1. The first-order valence-electron chi connectivity index (χ1n) is 11.5. The molecule has 0 spiro atoms. The monoisotopic (exact) mass is 416 g/mol. The molecule has 1 atom stereocenters. The van der Waals surface area contributed by atoms with Crippen molar-refractivity contribution in [3.8, 4) is 11.5 Å². The Morgan fingerprint density at radius 1 is 1.07 bits per heavy atom. The number of carbonyl (C=O) groups is 1. The van der Waals surface area contributed by atoms with E-state index in [9.17, 15) is 4.79 Å². The van der Waals surface area contributed by atoms with Crippen molar-refractivity contribution >= 4 is 11.6 Å². The number of ether oxygens (including phenoxy) is 3.